The van der Waals surface area contributed by atoms with Gasteiger partial charge in [-0.05, 0) is 68.1 Å². The molecule has 1 heterocycles. The number of hydrogen-bond acceptors (Lipinski definition) is 6. The summed E-state index contributed by atoms with van der Waals surface area (Å²) < 4.78 is 32.8. The van der Waals surface area contributed by atoms with Gasteiger partial charge in [0.1, 0.15) is 4.90 Å². The van der Waals surface area contributed by atoms with Crippen LogP contribution in [0.5, 0.6) is 0 Å². The van der Waals surface area contributed by atoms with Crippen LogP contribution in [-0.2, 0) is 19.6 Å². The van der Waals surface area contributed by atoms with Crippen LogP contribution in [0, 0.1) is 17.2 Å². The van der Waals surface area contributed by atoms with Gasteiger partial charge >= 0.3 is 5.97 Å². The molecule has 33 heavy (non-hydrogen) atoms. The highest BCUT2D eigenvalue weighted by Gasteiger charge is 2.31. The average Bonchev–Trinajstić information content (AvgIpc) is 2.79. The third-order valence-corrected chi connectivity index (χ3v) is 7.69. The Labute approximate surface area is 198 Å². The van der Waals surface area contributed by atoms with Gasteiger partial charge in [-0.1, -0.05) is 18.5 Å². The van der Waals surface area contributed by atoms with Crippen LogP contribution in [0.2, 0.25) is 5.02 Å². The van der Waals surface area contributed by atoms with Gasteiger partial charge in [0.2, 0.25) is 10.0 Å². The van der Waals surface area contributed by atoms with Crippen molar-refractivity contribution < 1.29 is 22.7 Å². The predicted octanol–water partition coefficient (Wildman–Crippen LogP) is 3.82. The molecule has 3 rings (SSSR count). The number of carbonyl (C=O) groups is 2. The number of amides is 1. The molecule has 0 aromatic heterocycles. The minimum absolute atomic E-state index is 0.0105. The van der Waals surface area contributed by atoms with Crippen molar-refractivity contribution >= 4 is 39.2 Å². The molecule has 2 unspecified atom stereocenters. The first-order valence-electron chi connectivity index (χ1n) is 10.4. The molecule has 2 aromatic rings. The molecule has 1 amide bonds. The number of esters is 1. The van der Waals surface area contributed by atoms with Crippen LogP contribution in [-0.4, -0.2) is 43.8 Å². The second-order valence-corrected chi connectivity index (χ2v) is 10.3. The van der Waals surface area contributed by atoms with Crippen molar-refractivity contribution in [3.8, 4) is 6.07 Å². The largest absolute Gasteiger partial charge is 0.449 e. The van der Waals surface area contributed by atoms with Gasteiger partial charge in [-0.25, -0.2) is 13.2 Å². The maximum absolute atomic E-state index is 13.1. The minimum Gasteiger partial charge on any atom is -0.449 e. The fraction of sp³-hybridized carbons (Fsp3) is 0.348. The summed E-state index contributed by atoms with van der Waals surface area (Å²) in [6, 6.07) is 12.1. The second-order valence-electron chi connectivity index (χ2n) is 7.98. The predicted molar refractivity (Wildman–Crippen MR) is 123 cm³/mol. The Bertz CT molecular complexity index is 1190. The quantitative estimate of drug-likeness (QED) is 0.616. The molecule has 1 aliphatic rings. The van der Waals surface area contributed by atoms with Crippen LogP contribution >= 0.6 is 11.6 Å². The van der Waals surface area contributed by atoms with E-state index in [1.165, 1.54) is 29.4 Å². The lowest BCUT2D eigenvalue weighted by molar-refractivity contribution is -0.123. The smallest absolute Gasteiger partial charge is 0.338 e. The number of sulfonamides is 1. The van der Waals surface area contributed by atoms with Crippen LogP contribution in [0.4, 0.5) is 5.69 Å². The summed E-state index contributed by atoms with van der Waals surface area (Å²) in [7, 11) is -3.88. The van der Waals surface area contributed by atoms with E-state index in [1.807, 2.05) is 13.0 Å². The highest BCUT2D eigenvalue weighted by Crippen LogP contribution is 2.29. The summed E-state index contributed by atoms with van der Waals surface area (Å²) in [5.74, 6) is -1.19. The lowest BCUT2D eigenvalue weighted by Crippen LogP contribution is -2.39. The summed E-state index contributed by atoms with van der Waals surface area (Å²) in [5.41, 5.74) is 0.860. The molecular formula is C23H24ClN3O5S. The zero-order chi connectivity index (χ0) is 24.2. The third-order valence-electron chi connectivity index (χ3n) is 5.34. The van der Waals surface area contributed by atoms with Gasteiger partial charge in [0.05, 0.1) is 22.2 Å². The van der Waals surface area contributed by atoms with Crippen molar-refractivity contribution in [1.29, 1.82) is 5.26 Å². The summed E-state index contributed by atoms with van der Waals surface area (Å²) in [5, 5.41) is 11.4. The zero-order valence-electron chi connectivity index (χ0n) is 18.2. The number of benzene rings is 2. The van der Waals surface area contributed by atoms with E-state index in [0.29, 0.717) is 24.3 Å². The molecule has 1 N–H and O–H groups in total. The molecule has 0 saturated carbocycles. The molecule has 8 nitrogen and oxygen atoms in total. The topological polar surface area (TPSA) is 117 Å². The molecule has 0 aliphatic carbocycles. The Morgan fingerprint density at radius 2 is 1.94 bits per heavy atom. The van der Waals surface area contributed by atoms with E-state index in [-0.39, 0.29) is 21.4 Å². The van der Waals surface area contributed by atoms with Crippen LogP contribution in [0.1, 0.15) is 42.6 Å². The van der Waals surface area contributed by atoms with Crippen LogP contribution in [0.3, 0.4) is 0 Å². The molecule has 1 fully saturated rings. The highest BCUT2D eigenvalue weighted by molar-refractivity contribution is 7.89. The fourth-order valence-electron chi connectivity index (χ4n) is 3.49. The van der Waals surface area contributed by atoms with Crippen molar-refractivity contribution in [2.24, 2.45) is 5.92 Å². The van der Waals surface area contributed by atoms with E-state index in [4.69, 9.17) is 21.6 Å². The Morgan fingerprint density at radius 1 is 1.24 bits per heavy atom. The lowest BCUT2D eigenvalue weighted by atomic mass is 10.0. The van der Waals surface area contributed by atoms with Crippen molar-refractivity contribution in [1.82, 2.24) is 4.31 Å². The molecule has 0 spiro atoms. The summed E-state index contributed by atoms with van der Waals surface area (Å²) in [6.07, 6.45) is 0.562. The van der Waals surface area contributed by atoms with E-state index in [2.05, 4.69) is 5.32 Å². The number of ether oxygens (including phenoxy) is 1. The summed E-state index contributed by atoms with van der Waals surface area (Å²) in [6.45, 7) is 4.17. The van der Waals surface area contributed by atoms with Crippen molar-refractivity contribution in [2.45, 2.75) is 37.7 Å². The van der Waals surface area contributed by atoms with E-state index in [1.54, 1.807) is 24.3 Å². The standard InChI is InChI=1S/C23H24ClN3O5S/c1-15-4-3-11-27(14-15)33(30,31)21-12-18(7-10-20(21)24)23(29)32-16(2)22(28)26-19-8-5-17(13-25)6-9-19/h5-10,12,15-16H,3-4,11,14H2,1-2H3,(H,26,28). The number of nitriles is 1. The summed E-state index contributed by atoms with van der Waals surface area (Å²) >= 11 is 6.17. The molecule has 1 saturated heterocycles. The first kappa shape index (κ1) is 24.7. The summed E-state index contributed by atoms with van der Waals surface area (Å²) in [4.78, 5) is 24.8. The number of hydrogen-bond donors (Lipinski definition) is 1. The number of carbonyl (C=O) groups excluding carboxylic acids is 2. The highest BCUT2D eigenvalue weighted by atomic mass is 35.5. The molecular weight excluding hydrogens is 466 g/mol. The molecule has 1 aliphatic heterocycles. The maximum atomic E-state index is 13.1. The Hall–Kier alpha value is -2.93. The SMILES string of the molecule is CC1CCCN(S(=O)(=O)c2cc(C(=O)OC(C)C(=O)Nc3ccc(C#N)cc3)ccc2Cl)C1. The van der Waals surface area contributed by atoms with Gasteiger partial charge in [0, 0.05) is 18.8 Å². The Morgan fingerprint density at radius 3 is 2.58 bits per heavy atom. The van der Waals surface area contributed by atoms with Gasteiger partial charge in [-0.3, -0.25) is 4.79 Å². The average molecular weight is 490 g/mol. The third kappa shape index (κ3) is 5.90. The van der Waals surface area contributed by atoms with Gasteiger partial charge in [0.25, 0.3) is 5.91 Å². The number of nitrogens with zero attached hydrogens (tertiary/aromatic N) is 2. The first-order chi connectivity index (χ1) is 15.6. The van der Waals surface area contributed by atoms with Crippen molar-refractivity contribution in [3.05, 3.63) is 58.6 Å². The fourth-order valence-corrected chi connectivity index (χ4v) is 5.58. The van der Waals surface area contributed by atoms with Gasteiger partial charge in [-0.2, -0.15) is 9.57 Å². The van der Waals surface area contributed by atoms with Gasteiger partial charge < -0.3 is 10.1 Å². The zero-order valence-corrected chi connectivity index (χ0v) is 19.8. The molecule has 174 valence electrons. The van der Waals surface area contributed by atoms with Crippen molar-refractivity contribution in [2.75, 3.05) is 18.4 Å². The second kappa shape index (κ2) is 10.3. The van der Waals surface area contributed by atoms with E-state index in [0.717, 1.165) is 12.8 Å². The molecule has 0 radical (unpaired) electrons. The Balaban J connectivity index is 1.72. The van der Waals surface area contributed by atoms with Gasteiger partial charge in [-0.15, -0.1) is 0 Å². The van der Waals surface area contributed by atoms with Gasteiger partial charge in [0.15, 0.2) is 6.10 Å². The van der Waals surface area contributed by atoms with Crippen LogP contribution in [0.15, 0.2) is 47.4 Å². The minimum atomic E-state index is -3.88. The number of piperidine rings is 1. The molecule has 2 aromatic carbocycles. The van der Waals surface area contributed by atoms with Crippen LogP contribution in [0.25, 0.3) is 0 Å². The number of nitrogens with one attached hydrogen (secondary N) is 1. The number of halogens is 1. The van der Waals surface area contributed by atoms with Crippen LogP contribution < -0.4 is 5.32 Å². The van der Waals surface area contributed by atoms with E-state index >= 15 is 0 Å². The number of anilines is 1. The van der Waals surface area contributed by atoms with E-state index < -0.39 is 28.0 Å². The maximum Gasteiger partial charge on any atom is 0.338 e. The molecule has 0 bridgehead atoms. The molecule has 2 atom stereocenters. The monoisotopic (exact) mass is 489 g/mol. The Kier molecular flexibility index (Phi) is 7.74. The normalized spacial score (nSPS) is 17.6. The van der Waals surface area contributed by atoms with E-state index in [9.17, 15) is 18.0 Å². The lowest BCUT2D eigenvalue weighted by Gasteiger charge is -2.30. The van der Waals surface area contributed by atoms with Crippen molar-refractivity contribution in [3.63, 3.8) is 0 Å². The first-order valence-corrected chi connectivity index (χ1v) is 12.3. The molecule has 10 heteroatoms. The number of rotatable bonds is 6.